The minimum atomic E-state index is -0.377. The second-order valence-corrected chi connectivity index (χ2v) is 5.43. The van der Waals surface area contributed by atoms with Crippen molar-refractivity contribution in [2.75, 3.05) is 0 Å². The zero-order chi connectivity index (χ0) is 17.8. The number of hydrogen-bond donors (Lipinski definition) is 0. The number of benzene rings is 2. The predicted molar refractivity (Wildman–Crippen MR) is 93.0 cm³/mol. The van der Waals surface area contributed by atoms with Crippen molar-refractivity contribution in [2.24, 2.45) is 7.05 Å². The molecular weight excluding hydrogens is 318 g/mol. The van der Waals surface area contributed by atoms with Crippen molar-refractivity contribution in [3.63, 3.8) is 0 Å². The smallest absolute Gasteiger partial charge is 0.368 e. The quantitative estimate of drug-likeness (QED) is 0.672. The number of nitrogens with zero attached hydrogens (tertiary/aromatic N) is 5. The summed E-state index contributed by atoms with van der Waals surface area (Å²) in [7, 11) is 1.53. The van der Waals surface area contributed by atoms with Crippen LogP contribution in [0, 0.1) is 6.57 Å². The van der Waals surface area contributed by atoms with Gasteiger partial charge in [-0.1, -0.05) is 37.3 Å². The summed E-state index contributed by atoms with van der Waals surface area (Å²) in [6, 6.07) is 12.9. The van der Waals surface area contributed by atoms with Crippen molar-refractivity contribution in [2.45, 2.75) is 20.0 Å². The highest BCUT2D eigenvalue weighted by Gasteiger charge is 2.15. The second kappa shape index (κ2) is 7.01. The van der Waals surface area contributed by atoms with Crippen molar-refractivity contribution in [1.29, 1.82) is 0 Å². The number of rotatable bonds is 5. The van der Waals surface area contributed by atoms with Crippen LogP contribution < -0.4 is 10.4 Å². The lowest BCUT2D eigenvalue weighted by molar-refractivity contribution is 0.303. The van der Waals surface area contributed by atoms with Gasteiger partial charge < -0.3 is 4.74 Å². The van der Waals surface area contributed by atoms with Crippen LogP contribution in [0.1, 0.15) is 18.1 Å². The molecule has 0 fully saturated rings. The number of para-hydroxylation sites is 1. The highest BCUT2D eigenvalue weighted by molar-refractivity contribution is 5.60. The van der Waals surface area contributed by atoms with Crippen LogP contribution in [0.4, 0.5) is 5.69 Å². The topological polar surface area (TPSA) is 66.3 Å². The molecule has 0 aliphatic rings. The molecule has 126 valence electrons. The van der Waals surface area contributed by atoms with E-state index in [1.54, 1.807) is 18.2 Å². The van der Waals surface area contributed by atoms with E-state index in [1.807, 2.05) is 24.3 Å². The molecule has 1 heterocycles. The van der Waals surface area contributed by atoms with Crippen LogP contribution >= 0.6 is 0 Å². The Hall–Kier alpha value is -3.40. The number of tetrazole rings is 1. The Balaban J connectivity index is 2.02. The minimum absolute atomic E-state index is 0.161. The van der Waals surface area contributed by atoms with Crippen LogP contribution in [0.5, 0.6) is 5.75 Å². The van der Waals surface area contributed by atoms with Crippen molar-refractivity contribution in [1.82, 2.24) is 19.8 Å². The van der Waals surface area contributed by atoms with Gasteiger partial charge in [-0.3, -0.25) is 0 Å². The third kappa shape index (κ3) is 3.15. The van der Waals surface area contributed by atoms with Crippen LogP contribution in [-0.2, 0) is 20.1 Å². The number of ether oxygens (including phenoxy) is 1. The third-order valence-electron chi connectivity index (χ3n) is 3.92. The van der Waals surface area contributed by atoms with Gasteiger partial charge in [0.05, 0.1) is 12.3 Å². The van der Waals surface area contributed by atoms with Gasteiger partial charge in [0.1, 0.15) is 12.4 Å². The van der Waals surface area contributed by atoms with Gasteiger partial charge >= 0.3 is 5.69 Å². The van der Waals surface area contributed by atoms with Gasteiger partial charge in [-0.05, 0) is 34.5 Å². The second-order valence-electron chi connectivity index (χ2n) is 5.43. The molecule has 0 N–H and O–H groups in total. The maximum absolute atomic E-state index is 12.2. The first-order valence-corrected chi connectivity index (χ1v) is 7.85. The Kier molecular flexibility index (Phi) is 4.61. The monoisotopic (exact) mass is 335 g/mol. The molecule has 7 heteroatoms. The Morgan fingerprint density at radius 1 is 1.16 bits per heavy atom. The van der Waals surface area contributed by atoms with E-state index in [2.05, 4.69) is 22.2 Å². The Morgan fingerprint density at radius 2 is 1.96 bits per heavy atom. The number of hydrogen-bond acceptors (Lipinski definition) is 4. The molecule has 0 amide bonds. The molecule has 2 aromatic carbocycles. The van der Waals surface area contributed by atoms with E-state index >= 15 is 0 Å². The fourth-order valence-electron chi connectivity index (χ4n) is 2.57. The van der Waals surface area contributed by atoms with E-state index in [9.17, 15) is 4.79 Å². The van der Waals surface area contributed by atoms with Crippen molar-refractivity contribution in [3.8, 4) is 11.4 Å². The summed E-state index contributed by atoms with van der Waals surface area (Å²) in [6.45, 7) is 9.62. The standard InChI is InChI=1S/C18H17N5O2/c1-4-13-8-5-6-11-17(13)25-12-14-15(19-2)9-7-10-16(14)23-18(24)22(3)20-21-23/h5-11H,4,12H2,1,3H3. The van der Waals surface area contributed by atoms with Crippen molar-refractivity contribution < 1.29 is 4.74 Å². The van der Waals surface area contributed by atoms with Gasteiger partial charge in [-0.2, -0.15) is 9.36 Å². The van der Waals surface area contributed by atoms with Crippen LogP contribution in [0.2, 0.25) is 0 Å². The molecule has 25 heavy (non-hydrogen) atoms. The maximum Gasteiger partial charge on any atom is 0.368 e. The van der Waals surface area contributed by atoms with E-state index in [4.69, 9.17) is 11.3 Å². The molecule has 0 unspecified atom stereocenters. The summed E-state index contributed by atoms with van der Waals surface area (Å²) < 4.78 is 8.27. The Bertz CT molecular complexity index is 997. The molecule has 1 aromatic heterocycles. The van der Waals surface area contributed by atoms with E-state index in [1.165, 1.54) is 11.7 Å². The SMILES string of the molecule is [C-]#[N+]c1cccc(-n2nnn(C)c2=O)c1COc1ccccc1CC. The first-order chi connectivity index (χ1) is 12.2. The predicted octanol–water partition coefficient (Wildman–Crippen LogP) is 2.66. The van der Waals surface area contributed by atoms with Crippen LogP contribution in [0.25, 0.3) is 10.5 Å². The van der Waals surface area contributed by atoms with E-state index in [0.717, 1.165) is 22.4 Å². The summed E-state index contributed by atoms with van der Waals surface area (Å²) in [5, 5.41) is 7.60. The van der Waals surface area contributed by atoms with Gasteiger partial charge in [0, 0.05) is 12.6 Å². The van der Waals surface area contributed by atoms with Gasteiger partial charge in [0.25, 0.3) is 0 Å². The maximum atomic E-state index is 12.2. The van der Waals surface area contributed by atoms with Crippen LogP contribution in [0.3, 0.4) is 0 Å². The van der Waals surface area contributed by atoms with Crippen molar-refractivity contribution >= 4 is 5.69 Å². The molecule has 0 spiro atoms. The molecule has 0 saturated carbocycles. The van der Waals surface area contributed by atoms with E-state index in [0.29, 0.717) is 16.9 Å². The third-order valence-corrected chi connectivity index (χ3v) is 3.92. The normalized spacial score (nSPS) is 10.4. The molecular formula is C18H17N5O2. The van der Waals surface area contributed by atoms with Gasteiger partial charge in [-0.15, -0.1) is 0 Å². The van der Waals surface area contributed by atoms with E-state index < -0.39 is 0 Å². The number of aromatic nitrogens is 4. The molecule has 3 rings (SSSR count). The lowest BCUT2D eigenvalue weighted by Gasteiger charge is -2.14. The number of aryl methyl sites for hydroxylation is 2. The molecule has 0 radical (unpaired) electrons. The first-order valence-electron chi connectivity index (χ1n) is 7.85. The summed E-state index contributed by atoms with van der Waals surface area (Å²) in [6.07, 6.45) is 0.844. The average molecular weight is 335 g/mol. The first kappa shape index (κ1) is 16.5. The molecule has 0 bridgehead atoms. The zero-order valence-corrected chi connectivity index (χ0v) is 14.0. The minimum Gasteiger partial charge on any atom is -0.490 e. The summed E-state index contributed by atoms with van der Waals surface area (Å²) >= 11 is 0. The summed E-state index contributed by atoms with van der Waals surface area (Å²) in [4.78, 5) is 15.7. The lowest BCUT2D eigenvalue weighted by atomic mass is 10.1. The fraction of sp³-hybridized carbons (Fsp3) is 0.222. The fourth-order valence-corrected chi connectivity index (χ4v) is 2.57. The zero-order valence-electron chi connectivity index (χ0n) is 14.0. The lowest BCUT2D eigenvalue weighted by Crippen LogP contribution is -2.23. The summed E-state index contributed by atoms with van der Waals surface area (Å²) in [5.41, 5.74) is 2.23. The Labute approximate surface area is 144 Å². The molecule has 3 aromatic rings. The van der Waals surface area contributed by atoms with E-state index in [-0.39, 0.29) is 12.3 Å². The molecule has 0 saturated heterocycles. The Morgan fingerprint density at radius 3 is 2.64 bits per heavy atom. The molecule has 0 aliphatic heterocycles. The van der Waals surface area contributed by atoms with Gasteiger partial charge in [0.2, 0.25) is 0 Å². The highest BCUT2D eigenvalue weighted by atomic mass is 16.5. The average Bonchev–Trinajstić information content (AvgIpc) is 2.98. The van der Waals surface area contributed by atoms with Gasteiger partial charge in [0.15, 0.2) is 5.69 Å². The summed E-state index contributed by atoms with van der Waals surface area (Å²) in [5.74, 6) is 0.766. The van der Waals surface area contributed by atoms with Crippen molar-refractivity contribution in [3.05, 3.63) is 75.5 Å². The van der Waals surface area contributed by atoms with Crippen LogP contribution in [0.15, 0.2) is 47.3 Å². The molecule has 0 aliphatic carbocycles. The molecule has 0 atom stereocenters. The van der Waals surface area contributed by atoms with Gasteiger partial charge in [-0.25, -0.2) is 9.64 Å². The van der Waals surface area contributed by atoms with Crippen LogP contribution in [-0.4, -0.2) is 19.8 Å². The largest absolute Gasteiger partial charge is 0.490 e. The molecule has 7 nitrogen and oxygen atoms in total. The highest BCUT2D eigenvalue weighted by Crippen LogP contribution is 2.27.